The van der Waals surface area contributed by atoms with E-state index < -0.39 is 5.25 Å². The van der Waals surface area contributed by atoms with Gasteiger partial charge in [-0.05, 0) is 42.8 Å². The van der Waals surface area contributed by atoms with Crippen molar-refractivity contribution in [2.45, 2.75) is 18.6 Å². The number of rotatable bonds is 4. The van der Waals surface area contributed by atoms with E-state index in [1.165, 1.54) is 36.0 Å². The number of carbonyl (C=O) groups is 2. The van der Waals surface area contributed by atoms with Crippen LogP contribution in [-0.4, -0.2) is 22.2 Å². The van der Waals surface area contributed by atoms with Crippen LogP contribution in [0.4, 0.5) is 15.8 Å². The summed E-state index contributed by atoms with van der Waals surface area (Å²) >= 11 is 1.20. The lowest BCUT2D eigenvalue weighted by Gasteiger charge is -2.09. The van der Waals surface area contributed by atoms with E-state index in [1.54, 1.807) is 0 Å². The lowest BCUT2D eigenvalue weighted by atomic mass is 10.2. The van der Waals surface area contributed by atoms with Crippen LogP contribution in [0.15, 0.2) is 53.5 Å². The lowest BCUT2D eigenvalue weighted by Crippen LogP contribution is -2.28. The molecule has 2 aromatic carbocycles. The molecule has 0 radical (unpaired) electrons. The van der Waals surface area contributed by atoms with Crippen molar-refractivity contribution in [3.8, 4) is 0 Å². The minimum Gasteiger partial charge on any atom is -0.326 e. The zero-order chi connectivity index (χ0) is 17.8. The molecule has 1 aliphatic heterocycles. The highest BCUT2D eigenvalue weighted by Crippen LogP contribution is 2.26. The molecular formula is C18H16FN3O2S. The quantitative estimate of drug-likeness (QED) is 0.881. The number of halogens is 1. The summed E-state index contributed by atoms with van der Waals surface area (Å²) in [4.78, 5) is 28.5. The van der Waals surface area contributed by atoms with Gasteiger partial charge < -0.3 is 10.6 Å². The molecule has 1 heterocycles. The third kappa shape index (κ3) is 4.45. The van der Waals surface area contributed by atoms with Crippen molar-refractivity contribution in [3.05, 3.63) is 59.9 Å². The van der Waals surface area contributed by atoms with E-state index >= 15 is 0 Å². The lowest BCUT2D eigenvalue weighted by molar-refractivity contribution is -0.122. The Kier molecular flexibility index (Phi) is 5.14. The Balaban J connectivity index is 1.62. The molecule has 5 nitrogen and oxygen atoms in total. The Hall–Kier alpha value is -2.67. The fourth-order valence-electron chi connectivity index (χ4n) is 2.31. The van der Waals surface area contributed by atoms with Crippen molar-refractivity contribution >= 4 is 40.1 Å². The maximum atomic E-state index is 12.9. The summed E-state index contributed by atoms with van der Waals surface area (Å²) in [6, 6.07) is 13.1. The van der Waals surface area contributed by atoms with E-state index in [9.17, 15) is 14.0 Å². The number of thioether (sulfide) groups is 1. The molecule has 7 heteroatoms. The number of para-hydroxylation sites is 1. The van der Waals surface area contributed by atoms with Crippen LogP contribution >= 0.6 is 11.8 Å². The molecule has 2 amide bonds. The molecule has 0 spiro atoms. The number of nitrogens with one attached hydrogen (secondary N) is 2. The minimum atomic E-state index is -0.539. The second-order valence-corrected chi connectivity index (χ2v) is 6.75. The van der Waals surface area contributed by atoms with E-state index in [4.69, 9.17) is 0 Å². The summed E-state index contributed by atoms with van der Waals surface area (Å²) in [5.41, 5.74) is 2.23. The number of nitrogens with zero attached hydrogens (tertiary/aromatic N) is 1. The molecule has 2 aromatic rings. The first-order chi connectivity index (χ1) is 12.0. The van der Waals surface area contributed by atoms with Gasteiger partial charge in [-0.2, -0.15) is 0 Å². The summed E-state index contributed by atoms with van der Waals surface area (Å²) in [5, 5.41) is 5.33. The van der Waals surface area contributed by atoms with Gasteiger partial charge in [0.15, 0.2) is 5.17 Å². The van der Waals surface area contributed by atoms with Crippen molar-refractivity contribution in [1.82, 2.24) is 5.32 Å². The Labute approximate surface area is 148 Å². The van der Waals surface area contributed by atoms with Gasteiger partial charge in [-0.1, -0.05) is 30.0 Å². The van der Waals surface area contributed by atoms with Crippen LogP contribution in [0.2, 0.25) is 0 Å². The van der Waals surface area contributed by atoms with Crippen molar-refractivity contribution in [1.29, 1.82) is 0 Å². The Morgan fingerprint density at radius 3 is 2.68 bits per heavy atom. The normalized spacial score (nSPS) is 18.2. The predicted molar refractivity (Wildman–Crippen MR) is 97.4 cm³/mol. The Bertz CT molecular complexity index is 836. The number of benzene rings is 2. The molecule has 0 aromatic heterocycles. The molecule has 128 valence electrons. The first-order valence-electron chi connectivity index (χ1n) is 7.68. The molecule has 2 N–H and O–H groups in total. The summed E-state index contributed by atoms with van der Waals surface area (Å²) in [6.45, 7) is 1.90. The van der Waals surface area contributed by atoms with Gasteiger partial charge in [0.25, 0.3) is 0 Å². The van der Waals surface area contributed by atoms with Gasteiger partial charge in [0.1, 0.15) is 11.1 Å². The van der Waals surface area contributed by atoms with Crippen LogP contribution in [0.3, 0.4) is 0 Å². The number of hydrogen-bond acceptors (Lipinski definition) is 4. The van der Waals surface area contributed by atoms with E-state index in [0.717, 1.165) is 11.3 Å². The average molecular weight is 357 g/mol. The van der Waals surface area contributed by atoms with Gasteiger partial charge in [0.2, 0.25) is 11.8 Å². The van der Waals surface area contributed by atoms with E-state index in [2.05, 4.69) is 15.6 Å². The number of hydrogen-bond donors (Lipinski definition) is 2. The molecule has 1 fully saturated rings. The van der Waals surface area contributed by atoms with Gasteiger partial charge >= 0.3 is 0 Å². The van der Waals surface area contributed by atoms with Crippen molar-refractivity contribution in [2.75, 3.05) is 5.32 Å². The van der Waals surface area contributed by atoms with Gasteiger partial charge in [0, 0.05) is 12.1 Å². The van der Waals surface area contributed by atoms with Crippen LogP contribution in [-0.2, 0) is 9.59 Å². The second kappa shape index (κ2) is 7.48. The number of amides is 2. The van der Waals surface area contributed by atoms with Crippen molar-refractivity contribution in [2.24, 2.45) is 4.99 Å². The number of aliphatic imine (C=N–C) groups is 1. The van der Waals surface area contributed by atoms with Crippen LogP contribution in [0, 0.1) is 12.7 Å². The molecule has 0 aliphatic carbocycles. The van der Waals surface area contributed by atoms with Crippen molar-refractivity contribution < 1.29 is 14.0 Å². The summed E-state index contributed by atoms with van der Waals surface area (Å²) in [6.07, 6.45) is 0.0489. The molecule has 1 atom stereocenters. The molecule has 1 aliphatic rings. The number of carbonyl (C=O) groups excluding carboxylic acids is 2. The van der Waals surface area contributed by atoms with Gasteiger partial charge in [-0.15, -0.1) is 0 Å². The monoisotopic (exact) mass is 357 g/mol. The minimum absolute atomic E-state index is 0.0489. The fourth-order valence-corrected chi connectivity index (χ4v) is 3.30. The molecule has 0 unspecified atom stereocenters. The maximum Gasteiger partial charge on any atom is 0.240 e. The first-order valence-corrected chi connectivity index (χ1v) is 8.56. The van der Waals surface area contributed by atoms with E-state index in [0.29, 0.717) is 10.9 Å². The first kappa shape index (κ1) is 17.2. The molecule has 25 heavy (non-hydrogen) atoms. The summed E-state index contributed by atoms with van der Waals surface area (Å²) in [5.74, 6) is -0.839. The molecular weight excluding hydrogens is 341 g/mol. The highest BCUT2D eigenvalue weighted by atomic mass is 32.2. The Morgan fingerprint density at radius 1 is 1.24 bits per heavy atom. The summed E-state index contributed by atoms with van der Waals surface area (Å²) < 4.78 is 12.9. The van der Waals surface area contributed by atoms with Crippen LogP contribution < -0.4 is 10.6 Å². The average Bonchev–Trinajstić information content (AvgIpc) is 2.91. The van der Waals surface area contributed by atoms with Gasteiger partial charge in [-0.3, -0.25) is 9.59 Å². The fraction of sp³-hybridized carbons (Fsp3) is 0.167. The highest BCUT2D eigenvalue weighted by molar-refractivity contribution is 8.15. The smallest absolute Gasteiger partial charge is 0.240 e. The SMILES string of the molecule is Cc1ccccc1NC(=O)C[C@H]1SC(=Nc2ccc(F)cc2)NC1=O. The molecule has 3 rings (SSSR count). The standard InChI is InChI=1S/C18H16FN3O2S/c1-11-4-2-3-5-14(11)21-16(23)10-15-17(24)22-18(25-15)20-13-8-6-12(19)7-9-13/h2-9,15H,10H2,1H3,(H,21,23)(H,20,22,24)/t15-/m1/s1. The second-order valence-electron chi connectivity index (χ2n) is 5.56. The van der Waals surface area contributed by atoms with E-state index in [1.807, 2.05) is 31.2 Å². The van der Waals surface area contributed by atoms with Gasteiger partial charge in [0.05, 0.1) is 5.69 Å². The third-order valence-electron chi connectivity index (χ3n) is 3.62. The topological polar surface area (TPSA) is 70.6 Å². The summed E-state index contributed by atoms with van der Waals surface area (Å²) in [7, 11) is 0. The highest BCUT2D eigenvalue weighted by Gasteiger charge is 2.32. The molecule has 1 saturated heterocycles. The molecule has 0 bridgehead atoms. The van der Waals surface area contributed by atoms with Crippen LogP contribution in [0.5, 0.6) is 0 Å². The number of aryl methyl sites for hydroxylation is 1. The number of amidine groups is 1. The van der Waals surface area contributed by atoms with Crippen LogP contribution in [0.25, 0.3) is 0 Å². The largest absolute Gasteiger partial charge is 0.326 e. The molecule has 0 saturated carbocycles. The predicted octanol–water partition coefficient (Wildman–Crippen LogP) is 3.38. The zero-order valence-corrected chi connectivity index (χ0v) is 14.3. The number of anilines is 1. The maximum absolute atomic E-state index is 12.9. The van der Waals surface area contributed by atoms with Crippen molar-refractivity contribution in [3.63, 3.8) is 0 Å². The van der Waals surface area contributed by atoms with E-state index in [-0.39, 0.29) is 24.1 Å². The third-order valence-corrected chi connectivity index (χ3v) is 4.71. The zero-order valence-electron chi connectivity index (χ0n) is 13.5. The Morgan fingerprint density at radius 2 is 1.96 bits per heavy atom. The van der Waals surface area contributed by atoms with Gasteiger partial charge in [-0.25, -0.2) is 9.38 Å². The van der Waals surface area contributed by atoms with Crippen LogP contribution in [0.1, 0.15) is 12.0 Å².